The number of nitrogens with one attached hydrogen (secondary N) is 2. The van der Waals surface area contributed by atoms with E-state index < -0.39 is 5.91 Å². The van der Waals surface area contributed by atoms with Crippen molar-refractivity contribution in [2.75, 3.05) is 12.4 Å². The van der Waals surface area contributed by atoms with Crippen LogP contribution in [0.25, 0.3) is 0 Å². The van der Waals surface area contributed by atoms with Gasteiger partial charge in [-0.2, -0.15) is 5.10 Å². The molecule has 0 radical (unpaired) electrons. The summed E-state index contributed by atoms with van der Waals surface area (Å²) in [6, 6.07) is 20.2. The summed E-state index contributed by atoms with van der Waals surface area (Å²) in [5.74, 6) is -0.173. The van der Waals surface area contributed by atoms with Gasteiger partial charge >= 0.3 is 0 Å². The number of rotatable bonds is 10. The van der Waals surface area contributed by atoms with E-state index in [2.05, 4.69) is 26.0 Å². The molecular weight excluding hydrogens is 497 g/mol. The van der Waals surface area contributed by atoms with Crippen LogP contribution in [0.5, 0.6) is 11.5 Å². The van der Waals surface area contributed by atoms with Crippen LogP contribution in [-0.4, -0.2) is 35.3 Å². The van der Waals surface area contributed by atoms with Gasteiger partial charge in [-0.25, -0.2) is 9.82 Å². The number of benzene rings is 3. The highest BCUT2D eigenvalue weighted by Crippen LogP contribution is 2.28. The molecule has 0 bridgehead atoms. The van der Waals surface area contributed by atoms with Crippen LogP contribution in [0.2, 0.25) is 0 Å². The lowest BCUT2D eigenvalue weighted by molar-refractivity contribution is -0.120. The number of carbonyl (C=O) groups is 2. The predicted octanol–water partition coefficient (Wildman–Crippen LogP) is 4.21. The van der Waals surface area contributed by atoms with Crippen LogP contribution in [0.15, 0.2) is 77.9 Å². The molecule has 0 aliphatic heterocycles. The van der Waals surface area contributed by atoms with E-state index in [4.69, 9.17) is 9.47 Å². The van der Waals surface area contributed by atoms with Gasteiger partial charge in [0.05, 0.1) is 19.7 Å². The van der Waals surface area contributed by atoms with Crippen LogP contribution in [0.1, 0.15) is 26.5 Å². The molecule has 1 aromatic heterocycles. The Morgan fingerprint density at radius 2 is 1.81 bits per heavy atom. The maximum Gasteiger partial charge on any atom is 0.257 e. The second-order valence-corrected chi connectivity index (χ2v) is 8.64. The molecule has 188 valence electrons. The summed E-state index contributed by atoms with van der Waals surface area (Å²) in [4.78, 5) is 24.4. The number of carbonyl (C=O) groups excluding carboxylic acids is 2. The molecule has 1 heterocycles. The fourth-order valence-corrected chi connectivity index (χ4v) is 3.88. The molecule has 0 aliphatic carbocycles. The van der Waals surface area contributed by atoms with E-state index in [1.807, 2.05) is 6.07 Å². The Morgan fingerprint density at radius 3 is 2.59 bits per heavy atom. The van der Waals surface area contributed by atoms with Crippen LogP contribution in [0.4, 0.5) is 9.52 Å². The van der Waals surface area contributed by atoms with Gasteiger partial charge in [0.1, 0.15) is 17.4 Å². The minimum absolute atomic E-state index is 0.0514. The number of hydrogen-bond acceptors (Lipinski definition) is 8. The lowest BCUT2D eigenvalue weighted by Crippen LogP contribution is -2.19. The Labute approximate surface area is 216 Å². The molecule has 0 atom stereocenters. The van der Waals surface area contributed by atoms with Crippen molar-refractivity contribution < 1.29 is 23.5 Å². The molecule has 0 saturated heterocycles. The van der Waals surface area contributed by atoms with Gasteiger partial charge in [0.25, 0.3) is 5.91 Å². The molecule has 37 heavy (non-hydrogen) atoms. The zero-order valence-corrected chi connectivity index (χ0v) is 20.5. The van der Waals surface area contributed by atoms with Crippen molar-refractivity contribution >= 4 is 34.5 Å². The first-order valence-electron chi connectivity index (χ1n) is 11.1. The van der Waals surface area contributed by atoms with Crippen molar-refractivity contribution in [3.8, 4) is 11.5 Å². The van der Waals surface area contributed by atoms with Gasteiger partial charge in [-0.05, 0) is 42.0 Å². The van der Waals surface area contributed by atoms with Crippen LogP contribution >= 0.6 is 11.3 Å². The number of aromatic nitrogens is 2. The highest BCUT2D eigenvalue weighted by molar-refractivity contribution is 7.15. The van der Waals surface area contributed by atoms with Crippen molar-refractivity contribution in [2.45, 2.75) is 13.0 Å². The van der Waals surface area contributed by atoms with E-state index in [0.29, 0.717) is 38.3 Å². The zero-order valence-electron chi connectivity index (χ0n) is 19.7. The normalized spacial score (nSPS) is 10.8. The topological polar surface area (TPSA) is 115 Å². The van der Waals surface area contributed by atoms with Gasteiger partial charge in [-0.1, -0.05) is 47.7 Å². The molecule has 4 rings (SSSR count). The standard InChI is InChI=1S/C26H22FN5O4S/c1-35-22-13-17(11-12-21(22)36-16-19-9-5-6-10-20(19)27)15-28-30-23(33)14-24-31-32-26(37-24)29-25(34)18-7-3-2-4-8-18/h2-13,15H,14,16H2,1H3,(H,30,33)(H,29,32,34). The number of anilines is 1. The van der Waals surface area contributed by atoms with Crippen molar-refractivity contribution in [1.29, 1.82) is 0 Å². The Kier molecular flexibility index (Phi) is 8.50. The molecule has 9 nitrogen and oxygen atoms in total. The van der Waals surface area contributed by atoms with Gasteiger partial charge < -0.3 is 9.47 Å². The molecular formula is C26H22FN5O4S. The lowest BCUT2D eigenvalue weighted by atomic mass is 10.2. The summed E-state index contributed by atoms with van der Waals surface area (Å²) in [6.07, 6.45) is 1.40. The van der Waals surface area contributed by atoms with Crippen molar-refractivity contribution in [3.05, 3.63) is 100 Å². The summed E-state index contributed by atoms with van der Waals surface area (Å²) >= 11 is 1.10. The first kappa shape index (κ1) is 25.5. The van der Waals surface area contributed by atoms with Gasteiger partial charge in [-0.3, -0.25) is 14.9 Å². The number of amides is 2. The zero-order chi connectivity index (χ0) is 26.0. The lowest BCUT2D eigenvalue weighted by Gasteiger charge is -2.11. The SMILES string of the molecule is COc1cc(C=NNC(=O)Cc2nnc(NC(=O)c3ccccc3)s2)ccc1OCc1ccccc1F. The number of ether oxygens (including phenoxy) is 2. The second kappa shape index (κ2) is 12.4. The largest absolute Gasteiger partial charge is 0.493 e. The van der Waals surface area contributed by atoms with Gasteiger partial charge in [-0.15, -0.1) is 10.2 Å². The summed E-state index contributed by atoms with van der Waals surface area (Å²) in [5, 5.41) is 15.2. The van der Waals surface area contributed by atoms with E-state index >= 15 is 0 Å². The average molecular weight is 520 g/mol. The third-order valence-corrected chi connectivity index (χ3v) is 5.81. The minimum atomic E-state index is -0.398. The Hall–Kier alpha value is -4.64. The fourth-order valence-electron chi connectivity index (χ4n) is 3.14. The number of halogens is 1. The van der Waals surface area contributed by atoms with Crippen molar-refractivity contribution in [3.63, 3.8) is 0 Å². The number of nitrogens with zero attached hydrogens (tertiary/aromatic N) is 3. The molecule has 11 heteroatoms. The molecule has 0 aliphatic rings. The molecule has 0 saturated carbocycles. The Morgan fingerprint density at radius 1 is 1.03 bits per heavy atom. The second-order valence-electron chi connectivity index (χ2n) is 7.58. The van der Waals surface area contributed by atoms with Gasteiger partial charge in [0, 0.05) is 11.1 Å². The summed E-state index contributed by atoms with van der Waals surface area (Å²) < 4.78 is 24.9. The maximum atomic E-state index is 13.8. The van der Waals surface area contributed by atoms with E-state index in [9.17, 15) is 14.0 Å². The van der Waals surface area contributed by atoms with Crippen LogP contribution in [-0.2, 0) is 17.8 Å². The van der Waals surface area contributed by atoms with Crippen LogP contribution in [0.3, 0.4) is 0 Å². The molecule has 0 unspecified atom stereocenters. The minimum Gasteiger partial charge on any atom is -0.493 e. The maximum absolute atomic E-state index is 13.8. The number of hydrogen-bond donors (Lipinski definition) is 2. The monoisotopic (exact) mass is 519 g/mol. The van der Waals surface area contributed by atoms with Gasteiger partial charge in [0.2, 0.25) is 11.0 Å². The number of hydrazone groups is 1. The summed E-state index contributed by atoms with van der Waals surface area (Å²) in [7, 11) is 1.49. The molecule has 2 N–H and O–H groups in total. The smallest absolute Gasteiger partial charge is 0.257 e. The fraction of sp³-hybridized carbons (Fsp3) is 0.115. The van der Waals surface area contributed by atoms with Crippen molar-refractivity contribution in [1.82, 2.24) is 15.6 Å². The predicted molar refractivity (Wildman–Crippen MR) is 137 cm³/mol. The van der Waals surface area contributed by atoms with E-state index in [-0.39, 0.29) is 24.8 Å². The molecule has 2 amide bonds. The van der Waals surface area contributed by atoms with E-state index in [1.54, 1.807) is 60.7 Å². The van der Waals surface area contributed by atoms with Gasteiger partial charge in [0.15, 0.2) is 11.5 Å². The molecule has 0 spiro atoms. The first-order chi connectivity index (χ1) is 18.0. The molecule has 4 aromatic rings. The molecule has 0 fully saturated rings. The third kappa shape index (κ3) is 7.18. The summed E-state index contributed by atoms with van der Waals surface area (Å²) in [6.45, 7) is 0.0514. The average Bonchev–Trinajstić information content (AvgIpc) is 3.35. The van der Waals surface area contributed by atoms with Crippen molar-refractivity contribution in [2.24, 2.45) is 5.10 Å². The highest BCUT2D eigenvalue weighted by Gasteiger charge is 2.12. The summed E-state index contributed by atoms with van der Waals surface area (Å²) in [5.41, 5.74) is 4.00. The van der Waals surface area contributed by atoms with Crippen LogP contribution in [0, 0.1) is 5.82 Å². The van der Waals surface area contributed by atoms with E-state index in [0.717, 1.165) is 11.3 Å². The Bertz CT molecular complexity index is 1410. The Balaban J connectivity index is 1.28. The highest BCUT2D eigenvalue weighted by atomic mass is 32.1. The third-order valence-electron chi connectivity index (χ3n) is 4.97. The quantitative estimate of drug-likeness (QED) is 0.240. The van der Waals surface area contributed by atoms with E-state index in [1.165, 1.54) is 19.4 Å². The number of methoxy groups -OCH3 is 1. The first-order valence-corrected chi connectivity index (χ1v) is 11.9. The molecule has 3 aromatic carbocycles. The van der Waals surface area contributed by atoms with Crippen LogP contribution < -0.4 is 20.2 Å².